The van der Waals surface area contributed by atoms with Gasteiger partial charge in [0.25, 0.3) is 0 Å². The quantitative estimate of drug-likeness (QED) is 0.746. The van der Waals surface area contributed by atoms with Gasteiger partial charge in [-0.3, -0.25) is 4.79 Å². The lowest BCUT2D eigenvalue weighted by molar-refractivity contribution is -0.138. The van der Waals surface area contributed by atoms with Crippen molar-refractivity contribution in [3.8, 4) is 0 Å². The third kappa shape index (κ3) is 4.18. The first-order valence-corrected chi connectivity index (χ1v) is 6.04. The zero-order chi connectivity index (χ0) is 14.5. The van der Waals surface area contributed by atoms with E-state index in [0.29, 0.717) is 6.42 Å². The van der Waals surface area contributed by atoms with Gasteiger partial charge in [0.15, 0.2) is 0 Å². The number of aliphatic carboxylic acids is 1. The zero-order valence-electron chi connectivity index (χ0n) is 11.8. The molecule has 6 nitrogen and oxygen atoms in total. The van der Waals surface area contributed by atoms with Gasteiger partial charge in [0.2, 0.25) is 0 Å². The Balaban J connectivity index is 5.01. The van der Waals surface area contributed by atoms with Crippen molar-refractivity contribution >= 4 is 12.0 Å². The van der Waals surface area contributed by atoms with Crippen LogP contribution < -0.4 is 0 Å². The van der Waals surface area contributed by atoms with E-state index in [0.717, 1.165) is 0 Å². The Morgan fingerprint density at radius 1 is 1.33 bits per heavy atom. The monoisotopic (exact) mass is 260 g/mol. The number of hydrogen-bond acceptors (Lipinski definition) is 3. The van der Waals surface area contributed by atoms with Gasteiger partial charge in [0.1, 0.15) is 6.54 Å². The first-order chi connectivity index (χ1) is 8.17. The number of carbonyl (C=O) groups excluding carboxylic acids is 1. The van der Waals surface area contributed by atoms with Gasteiger partial charge in [0, 0.05) is 13.1 Å². The fraction of sp³-hybridized carbons (Fsp3) is 0.833. The van der Waals surface area contributed by atoms with Crippen LogP contribution in [0.15, 0.2) is 0 Å². The number of nitrogens with zero attached hydrogens (tertiary/aromatic N) is 2. The van der Waals surface area contributed by atoms with Gasteiger partial charge < -0.3 is 20.0 Å². The Morgan fingerprint density at radius 2 is 1.83 bits per heavy atom. The minimum atomic E-state index is -1.04. The molecule has 0 rings (SSSR count). The van der Waals surface area contributed by atoms with Crippen LogP contribution in [0, 0.1) is 0 Å². The standard InChI is InChI=1S/C12H24N2O4/c1-6-9(2)14(7-10(16)17)11(18)13(5)12(3,4)8-15/h9,15H,6-8H2,1-5H3,(H,16,17). The van der Waals surface area contributed by atoms with Crippen LogP contribution in [0.4, 0.5) is 4.79 Å². The van der Waals surface area contributed by atoms with E-state index in [1.165, 1.54) is 9.80 Å². The van der Waals surface area contributed by atoms with Crippen LogP contribution in [0.3, 0.4) is 0 Å². The maximum absolute atomic E-state index is 12.3. The number of urea groups is 1. The number of likely N-dealkylation sites (N-methyl/N-ethyl adjacent to an activating group) is 1. The third-order valence-corrected chi connectivity index (χ3v) is 3.26. The highest BCUT2D eigenvalue weighted by Gasteiger charge is 2.32. The summed E-state index contributed by atoms with van der Waals surface area (Å²) in [4.78, 5) is 25.8. The number of hydrogen-bond donors (Lipinski definition) is 2. The van der Waals surface area contributed by atoms with Crippen molar-refractivity contribution in [1.82, 2.24) is 9.80 Å². The maximum Gasteiger partial charge on any atom is 0.323 e. The molecule has 0 heterocycles. The molecule has 0 saturated heterocycles. The normalized spacial score (nSPS) is 13.0. The molecule has 106 valence electrons. The minimum Gasteiger partial charge on any atom is -0.480 e. The van der Waals surface area contributed by atoms with Gasteiger partial charge in [-0.25, -0.2) is 4.79 Å². The molecule has 1 atom stereocenters. The molecule has 0 radical (unpaired) electrons. The molecule has 0 aromatic heterocycles. The van der Waals surface area contributed by atoms with Gasteiger partial charge in [-0.1, -0.05) is 6.92 Å². The van der Waals surface area contributed by atoms with Gasteiger partial charge >= 0.3 is 12.0 Å². The van der Waals surface area contributed by atoms with Gasteiger partial charge in [0.05, 0.1) is 12.1 Å². The maximum atomic E-state index is 12.3. The van der Waals surface area contributed by atoms with E-state index < -0.39 is 11.5 Å². The molecule has 0 aromatic carbocycles. The highest BCUT2D eigenvalue weighted by molar-refractivity contribution is 5.80. The molecule has 0 fully saturated rings. The minimum absolute atomic E-state index is 0.162. The number of carbonyl (C=O) groups is 2. The van der Waals surface area contributed by atoms with Crippen LogP contribution in [-0.4, -0.2) is 63.8 Å². The van der Waals surface area contributed by atoms with E-state index in [1.54, 1.807) is 27.8 Å². The van der Waals surface area contributed by atoms with E-state index in [-0.39, 0.29) is 25.2 Å². The largest absolute Gasteiger partial charge is 0.480 e. The summed E-state index contributed by atoms with van der Waals surface area (Å²) in [5.74, 6) is -1.04. The van der Waals surface area contributed by atoms with Crippen LogP contribution in [-0.2, 0) is 4.79 Å². The highest BCUT2D eigenvalue weighted by Crippen LogP contribution is 2.16. The van der Waals surface area contributed by atoms with Crippen molar-refractivity contribution in [1.29, 1.82) is 0 Å². The van der Waals surface area contributed by atoms with Crippen molar-refractivity contribution in [2.75, 3.05) is 20.2 Å². The van der Waals surface area contributed by atoms with E-state index in [1.807, 2.05) is 6.92 Å². The Kier molecular flexibility index (Phi) is 6.11. The molecular weight excluding hydrogens is 236 g/mol. The van der Waals surface area contributed by atoms with Gasteiger partial charge in [-0.15, -0.1) is 0 Å². The van der Waals surface area contributed by atoms with Crippen LogP contribution >= 0.6 is 0 Å². The average molecular weight is 260 g/mol. The SMILES string of the molecule is CCC(C)N(CC(=O)O)C(=O)N(C)C(C)(C)CO. The summed E-state index contributed by atoms with van der Waals surface area (Å²) in [5.41, 5.74) is -0.721. The molecule has 0 aliphatic heterocycles. The Morgan fingerprint density at radius 3 is 2.17 bits per heavy atom. The van der Waals surface area contributed by atoms with Crippen molar-refractivity contribution < 1.29 is 19.8 Å². The Labute approximate surface area is 108 Å². The molecule has 6 heteroatoms. The first-order valence-electron chi connectivity index (χ1n) is 6.04. The van der Waals surface area contributed by atoms with Crippen LogP contribution in [0.5, 0.6) is 0 Å². The molecule has 0 aliphatic rings. The highest BCUT2D eigenvalue weighted by atomic mass is 16.4. The molecule has 0 aliphatic carbocycles. The fourth-order valence-corrected chi connectivity index (χ4v) is 1.34. The van der Waals surface area contributed by atoms with Crippen molar-refractivity contribution in [2.45, 2.75) is 45.7 Å². The number of carboxylic acids is 1. The fourth-order valence-electron chi connectivity index (χ4n) is 1.34. The predicted molar refractivity (Wildman–Crippen MR) is 68.4 cm³/mol. The molecule has 2 amide bonds. The van der Waals surface area contributed by atoms with E-state index in [4.69, 9.17) is 5.11 Å². The summed E-state index contributed by atoms with van der Waals surface area (Å²) < 4.78 is 0. The third-order valence-electron chi connectivity index (χ3n) is 3.26. The number of aliphatic hydroxyl groups excluding tert-OH is 1. The molecule has 0 spiro atoms. The van der Waals surface area contributed by atoms with Crippen molar-refractivity contribution in [2.24, 2.45) is 0 Å². The summed E-state index contributed by atoms with van der Waals surface area (Å²) >= 11 is 0. The molecular formula is C12H24N2O4. The second-order valence-corrected chi connectivity index (χ2v) is 5.09. The first kappa shape index (κ1) is 16.7. The average Bonchev–Trinajstić information content (AvgIpc) is 2.32. The van der Waals surface area contributed by atoms with Crippen LogP contribution in [0.2, 0.25) is 0 Å². The van der Waals surface area contributed by atoms with Crippen molar-refractivity contribution in [3.05, 3.63) is 0 Å². The van der Waals surface area contributed by atoms with Gasteiger partial charge in [-0.05, 0) is 27.2 Å². The summed E-state index contributed by atoms with van der Waals surface area (Å²) in [6.45, 7) is 6.63. The second kappa shape index (κ2) is 6.58. The summed E-state index contributed by atoms with van der Waals surface area (Å²) in [6.07, 6.45) is 0.673. The number of rotatable bonds is 6. The summed E-state index contributed by atoms with van der Waals surface area (Å²) in [5, 5.41) is 18.1. The van der Waals surface area contributed by atoms with Crippen LogP contribution in [0.1, 0.15) is 34.1 Å². The Bertz CT molecular complexity index is 304. The molecule has 18 heavy (non-hydrogen) atoms. The number of amides is 2. The topological polar surface area (TPSA) is 81.1 Å². The second-order valence-electron chi connectivity index (χ2n) is 5.09. The molecule has 0 aromatic rings. The molecule has 1 unspecified atom stereocenters. The zero-order valence-corrected chi connectivity index (χ0v) is 11.8. The lowest BCUT2D eigenvalue weighted by atomic mass is 10.1. The number of carboxylic acid groups (broad SMARTS) is 1. The van der Waals surface area contributed by atoms with E-state index in [2.05, 4.69) is 0 Å². The number of aliphatic hydroxyl groups is 1. The Hall–Kier alpha value is -1.30. The molecule has 0 saturated carbocycles. The molecule has 2 N–H and O–H groups in total. The predicted octanol–water partition coefficient (Wildman–Crippen LogP) is 0.994. The van der Waals surface area contributed by atoms with Crippen molar-refractivity contribution in [3.63, 3.8) is 0 Å². The smallest absolute Gasteiger partial charge is 0.323 e. The molecule has 0 bridgehead atoms. The lowest BCUT2D eigenvalue weighted by Gasteiger charge is -2.39. The van der Waals surface area contributed by atoms with E-state index in [9.17, 15) is 14.7 Å². The van der Waals surface area contributed by atoms with E-state index >= 15 is 0 Å². The van der Waals surface area contributed by atoms with Gasteiger partial charge in [-0.2, -0.15) is 0 Å². The summed E-state index contributed by atoms with van der Waals surface area (Å²) in [7, 11) is 1.57. The van der Waals surface area contributed by atoms with Crippen LogP contribution in [0.25, 0.3) is 0 Å². The lowest BCUT2D eigenvalue weighted by Crippen LogP contribution is -2.55. The summed E-state index contributed by atoms with van der Waals surface area (Å²) in [6, 6.07) is -0.545.